The van der Waals surface area contributed by atoms with Gasteiger partial charge in [-0.15, -0.1) is 0 Å². The van der Waals surface area contributed by atoms with Crippen LogP contribution in [0.3, 0.4) is 0 Å². The molecule has 0 bridgehead atoms. The first-order chi connectivity index (χ1) is 8.09. The van der Waals surface area contributed by atoms with Gasteiger partial charge < -0.3 is 4.90 Å². The summed E-state index contributed by atoms with van der Waals surface area (Å²) in [6, 6.07) is 0.222. The third kappa shape index (κ3) is 2.57. The summed E-state index contributed by atoms with van der Waals surface area (Å²) < 4.78 is 0. The molecule has 1 amide bonds. The second kappa shape index (κ2) is 5.00. The van der Waals surface area contributed by atoms with Gasteiger partial charge in [0.25, 0.3) is 5.91 Å². The molecule has 92 valence electrons. The molecule has 3 nitrogen and oxygen atoms in total. The molecule has 17 heavy (non-hydrogen) atoms. The smallest absolute Gasteiger partial charge is 0.254 e. The first-order valence-corrected chi connectivity index (χ1v) is 6.85. The van der Waals surface area contributed by atoms with Gasteiger partial charge in [0.2, 0.25) is 0 Å². The van der Waals surface area contributed by atoms with Crippen molar-refractivity contribution in [2.45, 2.75) is 38.6 Å². The fourth-order valence-corrected chi connectivity index (χ4v) is 3.07. The number of rotatable bonds is 2. The third-order valence-electron chi connectivity index (χ3n) is 3.47. The Morgan fingerprint density at radius 1 is 1.35 bits per heavy atom. The Kier molecular flexibility index (Phi) is 3.62. The maximum Gasteiger partial charge on any atom is 0.254 e. The monoisotopic (exact) mass is 251 g/mol. The van der Waals surface area contributed by atoms with Crippen molar-refractivity contribution in [3.63, 3.8) is 0 Å². The van der Waals surface area contributed by atoms with Crippen molar-refractivity contribution in [3.05, 3.63) is 21.9 Å². The minimum Gasteiger partial charge on any atom is -0.339 e. The Morgan fingerprint density at radius 2 is 2.00 bits per heavy atom. The Balaban J connectivity index is 2.05. The minimum absolute atomic E-state index is 0.0862. The number of aryl methyl sites for hydroxylation is 1. The summed E-state index contributed by atoms with van der Waals surface area (Å²) in [5.41, 5.74) is 1.84. The molecule has 1 aromatic rings. The maximum absolute atomic E-state index is 12.3. The zero-order valence-corrected chi connectivity index (χ0v) is 11.0. The van der Waals surface area contributed by atoms with Crippen LogP contribution >= 0.6 is 11.3 Å². The van der Waals surface area contributed by atoms with Crippen molar-refractivity contribution in [1.29, 1.82) is 0 Å². The number of nitrogens with zero attached hydrogens (tertiary/aromatic N) is 1. The molecule has 1 fully saturated rings. The first-order valence-electron chi connectivity index (χ1n) is 5.91. The molecule has 1 saturated carbocycles. The van der Waals surface area contributed by atoms with E-state index in [1.165, 1.54) is 0 Å². The first kappa shape index (κ1) is 12.3. The number of hydrogen-bond donors (Lipinski definition) is 0. The molecule has 0 atom stereocenters. The van der Waals surface area contributed by atoms with Crippen LogP contribution in [0.1, 0.15) is 41.6 Å². The number of carbonyl (C=O) groups excluding carboxylic acids is 2. The van der Waals surface area contributed by atoms with Crippen molar-refractivity contribution in [2.24, 2.45) is 0 Å². The largest absolute Gasteiger partial charge is 0.339 e. The number of ketones is 1. The zero-order valence-electron chi connectivity index (χ0n) is 10.2. The molecule has 0 unspecified atom stereocenters. The van der Waals surface area contributed by atoms with E-state index in [2.05, 4.69) is 0 Å². The van der Waals surface area contributed by atoms with Crippen LogP contribution in [0, 0.1) is 6.92 Å². The molecule has 1 heterocycles. The van der Waals surface area contributed by atoms with Crippen LogP contribution in [0.25, 0.3) is 0 Å². The lowest BCUT2D eigenvalue weighted by Crippen LogP contribution is -2.39. The summed E-state index contributed by atoms with van der Waals surface area (Å²) >= 11 is 1.56. The molecule has 0 spiro atoms. The van der Waals surface area contributed by atoms with E-state index in [1.807, 2.05) is 29.6 Å². The number of thiophene rings is 1. The quantitative estimate of drug-likeness (QED) is 0.810. The predicted molar refractivity (Wildman–Crippen MR) is 68.4 cm³/mol. The van der Waals surface area contributed by atoms with Crippen LogP contribution in [0.4, 0.5) is 0 Å². The van der Waals surface area contributed by atoms with Gasteiger partial charge in [0.1, 0.15) is 5.78 Å². The fourth-order valence-electron chi connectivity index (χ4n) is 2.25. The normalized spacial score (nSPS) is 17.2. The van der Waals surface area contributed by atoms with Crippen molar-refractivity contribution in [3.8, 4) is 0 Å². The van der Waals surface area contributed by atoms with E-state index in [9.17, 15) is 9.59 Å². The van der Waals surface area contributed by atoms with Crippen LogP contribution in [-0.4, -0.2) is 29.7 Å². The van der Waals surface area contributed by atoms with Gasteiger partial charge in [0.05, 0.1) is 5.56 Å². The number of carbonyl (C=O) groups is 2. The Labute approximate surface area is 105 Å². The second-order valence-corrected chi connectivity index (χ2v) is 5.40. The molecule has 4 heteroatoms. The molecule has 0 N–H and O–H groups in total. The van der Waals surface area contributed by atoms with Crippen molar-refractivity contribution < 1.29 is 9.59 Å². The third-order valence-corrected chi connectivity index (χ3v) is 4.33. The highest BCUT2D eigenvalue weighted by molar-refractivity contribution is 7.08. The average molecular weight is 251 g/mol. The van der Waals surface area contributed by atoms with E-state index in [4.69, 9.17) is 0 Å². The Morgan fingerprint density at radius 3 is 2.53 bits per heavy atom. The maximum atomic E-state index is 12.3. The summed E-state index contributed by atoms with van der Waals surface area (Å²) in [5, 5.41) is 3.90. The summed E-state index contributed by atoms with van der Waals surface area (Å²) in [4.78, 5) is 25.2. The van der Waals surface area contributed by atoms with Crippen LogP contribution in [-0.2, 0) is 4.79 Å². The molecule has 1 aliphatic carbocycles. The van der Waals surface area contributed by atoms with Crippen molar-refractivity contribution in [2.75, 3.05) is 7.05 Å². The lowest BCUT2D eigenvalue weighted by atomic mass is 9.93. The van der Waals surface area contributed by atoms with Gasteiger partial charge in [-0.3, -0.25) is 9.59 Å². The predicted octanol–water partition coefficient (Wildman–Crippen LogP) is 2.64. The summed E-state index contributed by atoms with van der Waals surface area (Å²) in [6.45, 7) is 1.96. The lowest BCUT2D eigenvalue weighted by molar-refractivity contribution is -0.121. The fraction of sp³-hybridized carbons (Fsp3) is 0.538. The highest BCUT2D eigenvalue weighted by Crippen LogP contribution is 2.23. The highest BCUT2D eigenvalue weighted by Gasteiger charge is 2.26. The molecule has 0 aromatic carbocycles. The average Bonchev–Trinajstić information content (AvgIpc) is 2.74. The van der Waals surface area contributed by atoms with Crippen LogP contribution in [0.5, 0.6) is 0 Å². The van der Waals surface area contributed by atoms with Crippen molar-refractivity contribution >= 4 is 23.0 Å². The molecule has 0 saturated heterocycles. The van der Waals surface area contributed by atoms with Gasteiger partial charge in [-0.05, 0) is 30.7 Å². The summed E-state index contributed by atoms with van der Waals surface area (Å²) in [5.74, 6) is 0.414. The van der Waals surface area contributed by atoms with E-state index in [1.54, 1.807) is 11.3 Å². The SMILES string of the molecule is Cc1cscc1C(=O)N(C)C1CCC(=O)CC1. The van der Waals surface area contributed by atoms with Crippen LogP contribution < -0.4 is 0 Å². The van der Waals surface area contributed by atoms with E-state index in [0.29, 0.717) is 18.6 Å². The molecule has 1 aromatic heterocycles. The molecule has 0 radical (unpaired) electrons. The topological polar surface area (TPSA) is 37.4 Å². The molecule has 1 aliphatic rings. The van der Waals surface area contributed by atoms with Gasteiger partial charge >= 0.3 is 0 Å². The van der Waals surface area contributed by atoms with Gasteiger partial charge in [0, 0.05) is 31.3 Å². The number of hydrogen-bond acceptors (Lipinski definition) is 3. The standard InChI is InChI=1S/C13H17NO2S/c1-9-7-17-8-12(9)13(16)14(2)10-3-5-11(15)6-4-10/h7-8,10H,3-6H2,1-2H3. The minimum atomic E-state index is 0.0862. The van der Waals surface area contributed by atoms with E-state index < -0.39 is 0 Å². The molecule has 2 rings (SSSR count). The van der Waals surface area contributed by atoms with Gasteiger partial charge in [-0.1, -0.05) is 0 Å². The molecule has 0 aliphatic heterocycles. The number of amides is 1. The second-order valence-electron chi connectivity index (χ2n) is 4.65. The van der Waals surface area contributed by atoms with Crippen LogP contribution in [0.2, 0.25) is 0 Å². The lowest BCUT2D eigenvalue weighted by Gasteiger charge is -2.30. The zero-order chi connectivity index (χ0) is 12.4. The summed E-state index contributed by atoms with van der Waals surface area (Å²) in [6.07, 6.45) is 2.85. The Bertz CT molecular complexity index is 428. The van der Waals surface area contributed by atoms with E-state index in [0.717, 1.165) is 24.0 Å². The van der Waals surface area contributed by atoms with Gasteiger partial charge in [0.15, 0.2) is 0 Å². The van der Waals surface area contributed by atoms with Crippen molar-refractivity contribution in [1.82, 2.24) is 4.90 Å². The highest BCUT2D eigenvalue weighted by atomic mass is 32.1. The van der Waals surface area contributed by atoms with Gasteiger partial charge in [-0.25, -0.2) is 0 Å². The number of Topliss-reactive ketones (excluding diaryl/α,β-unsaturated/α-hetero) is 1. The Hall–Kier alpha value is -1.16. The van der Waals surface area contributed by atoms with E-state index in [-0.39, 0.29) is 11.9 Å². The van der Waals surface area contributed by atoms with Crippen LogP contribution in [0.15, 0.2) is 10.8 Å². The summed E-state index contributed by atoms with van der Waals surface area (Å²) in [7, 11) is 1.85. The van der Waals surface area contributed by atoms with E-state index >= 15 is 0 Å². The molecular formula is C13H17NO2S. The molecular weight excluding hydrogens is 234 g/mol. The van der Waals surface area contributed by atoms with Gasteiger partial charge in [-0.2, -0.15) is 11.3 Å².